The molecule has 0 spiro atoms. The van der Waals surface area contributed by atoms with Gasteiger partial charge < -0.3 is 19.5 Å². The van der Waals surface area contributed by atoms with Crippen molar-refractivity contribution in [3.63, 3.8) is 0 Å². The third-order valence-electron chi connectivity index (χ3n) is 4.10. The maximum atomic E-state index is 5.86. The number of ether oxygens (including phenoxy) is 3. The van der Waals surface area contributed by atoms with Gasteiger partial charge >= 0.3 is 0 Å². The quantitative estimate of drug-likeness (QED) is 0.495. The third-order valence-corrected chi connectivity index (χ3v) is 4.10. The summed E-state index contributed by atoms with van der Waals surface area (Å²) >= 11 is 0. The summed E-state index contributed by atoms with van der Waals surface area (Å²) in [5, 5.41) is 3.45. The number of benzene rings is 2. The van der Waals surface area contributed by atoms with E-state index in [0.717, 1.165) is 35.8 Å². The minimum atomic E-state index is 0.550. The Hall–Kier alpha value is -2.20. The summed E-state index contributed by atoms with van der Waals surface area (Å²) < 4.78 is 16.7. The van der Waals surface area contributed by atoms with E-state index in [1.807, 2.05) is 36.4 Å². The average molecular weight is 357 g/mol. The average Bonchev–Trinajstić information content (AvgIpc) is 2.68. The van der Waals surface area contributed by atoms with Crippen LogP contribution in [0.25, 0.3) is 0 Å². The van der Waals surface area contributed by atoms with E-state index in [2.05, 4.69) is 24.4 Å². The summed E-state index contributed by atoms with van der Waals surface area (Å²) in [7, 11) is 1.68. The Balaban J connectivity index is 1.84. The Labute approximate surface area is 157 Å². The van der Waals surface area contributed by atoms with Gasteiger partial charge in [0, 0.05) is 31.0 Å². The summed E-state index contributed by atoms with van der Waals surface area (Å²) in [6.45, 7) is 4.83. The summed E-state index contributed by atoms with van der Waals surface area (Å²) in [5.74, 6) is 1.80. The van der Waals surface area contributed by atoms with Gasteiger partial charge in [-0.1, -0.05) is 50.5 Å². The molecular formula is C22H31NO3. The van der Waals surface area contributed by atoms with E-state index in [1.54, 1.807) is 7.11 Å². The number of hydrogen-bond donors (Lipinski definition) is 1. The zero-order chi connectivity index (χ0) is 18.5. The monoisotopic (exact) mass is 357 g/mol. The van der Waals surface area contributed by atoms with Crippen LogP contribution < -0.4 is 14.8 Å². The van der Waals surface area contributed by atoms with Crippen LogP contribution in [0.5, 0.6) is 11.5 Å². The lowest BCUT2D eigenvalue weighted by molar-refractivity contribution is 0.146. The van der Waals surface area contributed by atoms with Crippen LogP contribution in [0.1, 0.15) is 38.2 Å². The Morgan fingerprint density at radius 3 is 2.58 bits per heavy atom. The van der Waals surface area contributed by atoms with Crippen LogP contribution in [0.15, 0.2) is 48.5 Å². The molecule has 2 aromatic rings. The molecule has 0 fully saturated rings. The number of hydrogen-bond acceptors (Lipinski definition) is 4. The predicted octanol–water partition coefficient (Wildman–Crippen LogP) is 5.28. The highest BCUT2D eigenvalue weighted by Gasteiger charge is 2.04. The minimum Gasteiger partial charge on any atom is -0.494 e. The van der Waals surface area contributed by atoms with Crippen molar-refractivity contribution < 1.29 is 14.2 Å². The van der Waals surface area contributed by atoms with Crippen molar-refractivity contribution >= 4 is 5.69 Å². The Bertz CT molecular complexity index is 630. The molecule has 0 bridgehead atoms. The molecule has 0 amide bonds. The van der Waals surface area contributed by atoms with Crippen molar-refractivity contribution in [2.45, 2.75) is 39.2 Å². The lowest BCUT2D eigenvalue weighted by Gasteiger charge is -2.13. The molecule has 1 N–H and O–H groups in total. The van der Waals surface area contributed by atoms with E-state index < -0.39 is 0 Å². The molecule has 2 aromatic carbocycles. The van der Waals surface area contributed by atoms with Crippen LogP contribution >= 0.6 is 0 Å². The van der Waals surface area contributed by atoms with Gasteiger partial charge in [-0.3, -0.25) is 0 Å². The van der Waals surface area contributed by atoms with Gasteiger partial charge in [-0.05, 0) is 24.6 Å². The van der Waals surface area contributed by atoms with Crippen molar-refractivity contribution in [3.8, 4) is 11.5 Å². The fraction of sp³-hybridized carbons (Fsp3) is 0.455. The Morgan fingerprint density at radius 1 is 0.846 bits per heavy atom. The first-order valence-electron chi connectivity index (χ1n) is 9.50. The van der Waals surface area contributed by atoms with E-state index in [0.29, 0.717) is 19.8 Å². The molecule has 0 saturated heterocycles. The van der Waals surface area contributed by atoms with Crippen LogP contribution in [0.3, 0.4) is 0 Å². The number of nitrogens with one attached hydrogen (secondary N) is 1. The number of anilines is 1. The van der Waals surface area contributed by atoms with Gasteiger partial charge in [0.1, 0.15) is 18.1 Å². The molecule has 0 aliphatic heterocycles. The smallest absolute Gasteiger partial charge is 0.124 e. The second-order valence-corrected chi connectivity index (χ2v) is 6.24. The van der Waals surface area contributed by atoms with Gasteiger partial charge in [0.05, 0.1) is 13.2 Å². The topological polar surface area (TPSA) is 39.7 Å². The molecule has 0 atom stereocenters. The van der Waals surface area contributed by atoms with Crippen LogP contribution in [-0.4, -0.2) is 26.9 Å². The number of unbranched alkanes of at least 4 members (excludes halogenated alkanes) is 3. The first-order valence-corrected chi connectivity index (χ1v) is 9.50. The van der Waals surface area contributed by atoms with Crippen molar-refractivity contribution in [1.29, 1.82) is 0 Å². The number of para-hydroxylation sites is 1. The highest BCUT2D eigenvalue weighted by atomic mass is 16.5. The standard InChI is InChI=1S/C22H31NO3/c1-3-4-5-8-14-25-21-12-9-11-20(17-21)23-18-19-10-6-7-13-22(19)26-16-15-24-2/h6-7,9-13,17,23H,3-5,8,14-16,18H2,1-2H3. The van der Waals surface area contributed by atoms with Crippen molar-refractivity contribution in [2.75, 3.05) is 32.2 Å². The molecule has 0 heterocycles. The van der Waals surface area contributed by atoms with Gasteiger partial charge in [-0.15, -0.1) is 0 Å². The molecular weight excluding hydrogens is 326 g/mol. The SMILES string of the molecule is CCCCCCOc1cccc(NCc2ccccc2OCCOC)c1. The normalized spacial score (nSPS) is 10.5. The molecule has 0 saturated carbocycles. The van der Waals surface area contributed by atoms with Crippen LogP contribution in [0.4, 0.5) is 5.69 Å². The fourth-order valence-corrected chi connectivity index (χ4v) is 2.64. The highest BCUT2D eigenvalue weighted by Crippen LogP contribution is 2.22. The van der Waals surface area contributed by atoms with Crippen molar-refractivity contribution in [3.05, 3.63) is 54.1 Å². The van der Waals surface area contributed by atoms with Gasteiger partial charge in [0.2, 0.25) is 0 Å². The van der Waals surface area contributed by atoms with Gasteiger partial charge in [0.15, 0.2) is 0 Å². The zero-order valence-corrected chi connectivity index (χ0v) is 16.0. The van der Waals surface area contributed by atoms with Gasteiger partial charge in [0.25, 0.3) is 0 Å². The maximum Gasteiger partial charge on any atom is 0.124 e. The van der Waals surface area contributed by atoms with E-state index in [-0.39, 0.29) is 0 Å². The second kappa shape index (κ2) is 12.2. The molecule has 4 heteroatoms. The Kier molecular flexibility index (Phi) is 9.44. The summed E-state index contributed by atoms with van der Waals surface area (Å²) in [6.07, 6.45) is 4.86. The highest BCUT2D eigenvalue weighted by molar-refractivity contribution is 5.49. The molecule has 0 radical (unpaired) electrons. The van der Waals surface area contributed by atoms with Crippen LogP contribution in [-0.2, 0) is 11.3 Å². The van der Waals surface area contributed by atoms with E-state index in [9.17, 15) is 0 Å². The van der Waals surface area contributed by atoms with Crippen LogP contribution in [0.2, 0.25) is 0 Å². The molecule has 0 aliphatic rings. The largest absolute Gasteiger partial charge is 0.494 e. The summed E-state index contributed by atoms with van der Waals surface area (Å²) in [4.78, 5) is 0. The van der Waals surface area contributed by atoms with E-state index >= 15 is 0 Å². The molecule has 2 rings (SSSR count). The van der Waals surface area contributed by atoms with E-state index in [1.165, 1.54) is 19.3 Å². The summed E-state index contributed by atoms with van der Waals surface area (Å²) in [6, 6.07) is 16.2. The predicted molar refractivity (Wildman–Crippen MR) is 107 cm³/mol. The molecule has 26 heavy (non-hydrogen) atoms. The lowest BCUT2D eigenvalue weighted by atomic mass is 10.2. The van der Waals surface area contributed by atoms with Gasteiger partial charge in [-0.2, -0.15) is 0 Å². The fourth-order valence-electron chi connectivity index (χ4n) is 2.64. The maximum absolute atomic E-state index is 5.86. The van der Waals surface area contributed by atoms with E-state index in [4.69, 9.17) is 14.2 Å². The molecule has 4 nitrogen and oxygen atoms in total. The minimum absolute atomic E-state index is 0.550. The Morgan fingerprint density at radius 2 is 1.73 bits per heavy atom. The first-order chi connectivity index (χ1) is 12.8. The zero-order valence-electron chi connectivity index (χ0n) is 16.0. The molecule has 142 valence electrons. The van der Waals surface area contributed by atoms with Crippen molar-refractivity contribution in [1.82, 2.24) is 0 Å². The third kappa shape index (κ3) is 7.36. The molecule has 0 aliphatic carbocycles. The number of methoxy groups -OCH3 is 1. The lowest BCUT2D eigenvalue weighted by Crippen LogP contribution is -2.08. The van der Waals surface area contributed by atoms with Crippen LogP contribution in [0, 0.1) is 0 Å². The molecule has 0 aromatic heterocycles. The second-order valence-electron chi connectivity index (χ2n) is 6.24. The van der Waals surface area contributed by atoms with Crippen molar-refractivity contribution in [2.24, 2.45) is 0 Å². The summed E-state index contributed by atoms with van der Waals surface area (Å²) in [5.41, 5.74) is 2.16. The number of rotatable bonds is 13. The van der Waals surface area contributed by atoms with Gasteiger partial charge in [-0.25, -0.2) is 0 Å². The first kappa shape index (κ1) is 20.1. The molecule has 0 unspecified atom stereocenters.